The Kier molecular flexibility index (Phi) is 8.85. The number of rotatable bonds is 10. The summed E-state index contributed by atoms with van der Waals surface area (Å²) in [5.74, 6) is -2.70. The summed E-state index contributed by atoms with van der Waals surface area (Å²) in [6, 6.07) is 11.3. The number of aliphatic hydroxyl groups excluding tert-OH is 1. The fraction of sp³-hybridized carbons (Fsp3) is 0.250. The first-order valence-corrected chi connectivity index (χ1v) is 9.10. The van der Waals surface area contributed by atoms with Crippen LogP contribution in [-0.2, 0) is 9.59 Å². The first kappa shape index (κ1) is 23.7. The average Bonchev–Trinajstić information content (AvgIpc) is 2.79. The molecule has 0 saturated heterocycles. The molecule has 2 aromatic carbocycles. The molecule has 0 aliphatic heterocycles. The zero-order chi connectivity index (χ0) is 22.8. The van der Waals surface area contributed by atoms with Gasteiger partial charge in [-0.05, 0) is 35.4 Å². The molecule has 5 N–H and O–H groups in total. The third kappa shape index (κ3) is 7.01. The first-order valence-electron chi connectivity index (χ1n) is 9.10. The number of nitrogens with one attached hydrogen (secondary N) is 3. The van der Waals surface area contributed by atoms with Gasteiger partial charge in [-0.15, -0.1) is 0 Å². The van der Waals surface area contributed by atoms with E-state index in [2.05, 4.69) is 5.32 Å². The maximum absolute atomic E-state index is 12.4. The van der Waals surface area contributed by atoms with Gasteiger partial charge in [0.05, 0.1) is 13.2 Å². The molecule has 0 radical (unpaired) electrons. The monoisotopic (exact) mass is 437 g/mol. The van der Waals surface area contributed by atoms with E-state index in [1.54, 1.807) is 41.7 Å². The minimum Gasteiger partial charge on any atom is -0.491 e. The fourth-order valence-corrected chi connectivity index (χ4v) is 2.53. The summed E-state index contributed by atoms with van der Waals surface area (Å²) in [4.78, 5) is 35.9. The highest BCUT2D eigenvalue weighted by atomic mass is 19.3. The highest BCUT2D eigenvalue weighted by molar-refractivity contribution is 6.08. The third-order valence-corrected chi connectivity index (χ3v) is 4.04. The molecule has 0 saturated carbocycles. The molecular formula is C20H21F2N3O6. The van der Waals surface area contributed by atoms with Crippen LogP contribution in [0.15, 0.2) is 48.5 Å². The van der Waals surface area contributed by atoms with Crippen LogP contribution in [0, 0.1) is 0 Å². The summed E-state index contributed by atoms with van der Waals surface area (Å²) in [5.41, 5.74) is 2.91. The van der Waals surface area contributed by atoms with Crippen molar-refractivity contribution in [3.63, 3.8) is 0 Å². The molecule has 0 aliphatic carbocycles. The zero-order valence-electron chi connectivity index (χ0n) is 16.2. The van der Waals surface area contributed by atoms with E-state index >= 15 is 0 Å². The Morgan fingerprint density at radius 3 is 2.03 bits per heavy atom. The lowest BCUT2D eigenvalue weighted by Gasteiger charge is -2.16. The predicted molar refractivity (Wildman–Crippen MR) is 105 cm³/mol. The Morgan fingerprint density at radius 1 is 0.935 bits per heavy atom. The summed E-state index contributed by atoms with van der Waals surface area (Å²) in [5, 5.41) is 21.4. The van der Waals surface area contributed by atoms with Crippen molar-refractivity contribution < 1.29 is 38.2 Å². The van der Waals surface area contributed by atoms with Crippen LogP contribution >= 0.6 is 0 Å². The van der Waals surface area contributed by atoms with Gasteiger partial charge < -0.3 is 20.5 Å². The van der Waals surface area contributed by atoms with Gasteiger partial charge in [0.15, 0.2) is 6.04 Å². The molecule has 0 spiro atoms. The molecule has 1 unspecified atom stereocenters. The molecule has 31 heavy (non-hydrogen) atoms. The Hall–Kier alpha value is -3.57. The maximum atomic E-state index is 12.4. The molecule has 2 aromatic rings. The van der Waals surface area contributed by atoms with Gasteiger partial charge in [0.1, 0.15) is 12.4 Å². The number of alkyl halides is 2. The van der Waals surface area contributed by atoms with Crippen LogP contribution in [0.4, 0.5) is 8.78 Å². The number of benzene rings is 2. The SMILES string of the molecule is O=C(NC(C(=O)NO)C(=O)NCC(F)F)c1ccc(-c2ccc(OCCO)cc2)cc1. The lowest BCUT2D eigenvalue weighted by Crippen LogP contribution is -2.55. The molecule has 9 nitrogen and oxygen atoms in total. The lowest BCUT2D eigenvalue weighted by molar-refractivity contribution is -0.137. The zero-order valence-corrected chi connectivity index (χ0v) is 16.2. The van der Waals surface area contributed by atoms with E-state index in [4.69, 9.17) is 15.1 Å². The Bertz CT molecular complexity index is 891. The van der Waals surface area contributed by atoms with Crippen LogP contribution in [0.2, 0.25) is 0 Å². The number of halogens is 2. The Balaban J connectivity index is 2.07. The van der Waals surface area contributed by atoms with Crippen LogP contribution in [0.1, 0.15) is 10.4 Å². The second kappa shape index (κ2) is 11.6. The van der Waals surface area contributed by atoms with Crippen LogP contribution in [-0.4, -0.2) is 60.3 Å². The smallest absolute Gasteiger partial charge is 0.275 e. The van der Waals surface area contributed by atoms with Crippen molar-refractivity contribution in [2.24, 2.45) is 0 Å². The van der Waals surface area contributed by atoms with Gasteiger partial charge in [-0.1, -0.05) is 24.3 Å². The number of hydrogen-bond donors (Lipinski definition) is 5. The number of carbonyl (C=O) groups excluding carboxylic acids is 3. The quantitative estimate of drug-likeness (QED) is 0.211. The number of amides is 3. The van der Waals surface area contributed by atoms with E-state index in [-0.39, 0.29) is 18.8 Å². The van der Waals surface area contributed by atoms with E-state index in [9.17, 15) is 23.2 Å². The normalized spacial score (nSPS) is 11.5. The van der Waals surface area contributed by atoms with E-state index in [1.807, 2.05) is 0 Å². The van der Waals surface area contributed by atoms with Gasteiger partial charge >= 0.3 is 0 Å². The molecule has 1 atom stereocenters. The maximum Gasteiger partial charge on any atom is 0.275 e. The minimum absolute atomic E-state index is 0.0972. The van der Waals surface area contributed by atoms with Crippen molar-refractivity contribution in [2.45, 2.75) is 12.5 Å². The van der Waals surface area contributed by atoms with Crippen molar-refractivity contribution in [3.05, 3.63) is 54.1 Å². The van der Waals surface area contributed by atoms with Crippen LogP contribution in [0.3, 0.4) is 0 Å². The van der Waals surface area contributed by atoms with Gasteiger partial charge in [-0.2, -0.15) is 0 Å². The minimum atomic E-state index is -2.85. The molecule has 0 heterocycles. The second-order valence-corrected chi connectivity index (χ2v) is 6.19. The van der Waals surface area contributed by atoms with Gasteiger partial charge in [0.25, 0.3) is 24.1 Å². The number of hydroxylamine groups is 1. The highest BCUT2D eigenvalue weighted by Crippen LogP contribution is 2.23. The van der Waals surface area contributed by atoms with E-state index < -0.39 is 36.7 Å². The summed E-state index contributed by atoms with van der Waals surface area (Å²) in [6.07, 6.45) is -2.85. The van der Waals surface area contributed by atoms with Crippen molar-refractivity contribution in [2.75, 3.05) is 19.8 Å². The number of carbonyl (C=O) groups is 3. The van der Waals surface area contributed by atoms with Gasteiger partial charge in [0, 0.05) is 5.56 Å². The molecule has 2 rings (SSSR count). The lowest BCUT2D eigenvalue weighted by atomic mass is 10.0. The molecule has 0 fully saturated rings. The predicted octanol–water partition coefficient (Wildman–Crippen LogP) is 0.710. The molecule has 3 amide bonds. The van der Waals surface area contributed by atoms with Crippen molar-refractivity contribution in [1.29, 1.82) is 0 Å². The van der Waals surface area contributed by atoms with Crippen LogP contribution in [0.5, 0.6) is 5.75 Å². The van der Waals surface area contributed by atoms with Crippen LogP contribution in [0.25, 0.3) is 11.1 Å². The average molecular weight is 437 g/mol. The van der Waals surface area contributed by atoms with Crippen molar-refractivity contribution in [1.82, 2.24) is 16.1 Å². The van der Waals surface area contributed by atoms with E-state index in [1.165, 1.54) is 17.6 Å². The third-order valence-electron chi connectivity index (χ3n) is 4.04. The first-order chi connectivity index (χ1) is 14.8. The van der Waals surface area contributed by atoms with E-state index in [0.29, 0.717) is 5.75 Å². The summed E-state index contributed by atoms with van der Waals surface area (Å²) < 4.78 is 29.8. The van der Waals surface area contributed by atoms with E-state index in [0.717, 1.165) is 11.1 Å². The number of ether oxygens (including phenoxy) is 1. The standard InChI is InChI=1S/C20H21F2N3O6/c21-16(22)11-23-19(28)17(20(29)25-30)24-18(27)14-3-1-12(2-4-14)13-5-7-15(8-6-13)31-10-9-26/h1-8,16-17,26,30H,9-11H2,(H,23,28)(H,24,27)(H,25,29). The van der Waals surface area contributed by atoms with Crippen LogP contribution < -0.4 is 20.9 Å². The van der Waals surface area contributed by atoms with Gasteiger partial charge in [0.2, 0.25) is 0 Å². The number of aliphatic hydroxyl groups is 1. The molecule has 0 aromatic heterocycles. The highest BCUT2D eigenvalue weighted by Gasteiger charge is 2.29. The van der Waals surface area contributed by atoms with Crippen molar-refractivity contribution in [3.8, 4) is 16.9 Å². The molecule has 11 heteroatoms. The summed E-state index contributed by atoms with van der Waals surface area (Å²) >= 11 is 0. The largest absolute Gasteiger partial charge is 0.491 e. The number of hydrogen-bond acceptors (Lipinski definition) is 6. The van der Waals surface area contributed by atoms with Gasteiger partial charge in [-0.25, -0.2) is 14.3 Å². The Labute approximate surface area is 176 Å². The van der Waals surface area contributed by atoms with Gasteiger partial charge in [-0.3, -0.25) is 19.6 Å². The Morgan fingerprint density at radius 2 is 1.52 bits per heavy atom. The topological polar surface area (TPSA) is 137 Å². The molecular weight excluding hydrogens is 416 g/mol. The fourth-order valence-electron chi connectivity index (χ4n) is 2.53. The molecule has 0 bridgehead atoms. The molecule has 0 aliphatic rings. The molecule has 166 valence electrons. The summed E-state index contributed by atoms with van der Waals surface area (Å²) in [7, 11) is 0. The summed E-state index contributed by atoms with van der Waals surface area (Å²) in [6.45, 7) is -0.930. The second-order valence-electron chi connectivity index (χ2n) is 6.19. The van der Waals surface area contributed by atoms with Crippen molar-refractivity contribution >= 4 is 17.7 Å².